The Morgan fingerprint density at radius 1 is 0.821 bits per heavy atom. The summed E-state index contributed by atoms with van der Waals surface area (Å²) in [7, 11) is 1.87. The summed E-state index contributed by atoms with van der Waals surface area (Å²) >= 11 is 0. The number of nitrogens with zero attached hydrogens (tertiary/aromatic N) is 3. The quantitative estimate of drug-likeness (QED) is 0.177. The normalized spacial score (nSPS) is 42.9. The van der Waals surface area contributed by atoms with Crippen LogP contribution in [-0.2, 0) is 14.3 Å². The van der Waals surface area contributed by atoms with E-state index in [1.54, 1.807) is 0 Å². The van der Waals surface area contributed by atoms with Crippen LogP contribution in [-0.4, -0.2) is 110 Å². The van der Waals surface area contributed by atoms with Gasteiger partial charge < -0.3 is 29.3 Å². The Morgan fingerprint density at radius 3 is 2.09 bits per heavy atom. The molecule has 4 saturated heterocycles. The molecule has 3 unspecified atom stereocenters. The second-order valence-electron chi connectivity index (χ2n) is 21.9. The zero-order valence-corrected chi connectivity index (χ0v) is 36.2. The second-order valence-corrected chi connectivity index (χ2v) is 21.9. The van der Waals surface area contributed by atoms with Gasteiger partial charge in [-0.25, -0.2) is 0 Å². The van der Waals surface area contributed by atoms with Gasteiger partial charge in [-0.1, -0.05) is 70.9 Å². The van der Waals surface area contributed by atoms with E-state index in [0.29, 0.717) is 23.7 Å². The summed E-state index contributed by atoms with van der Waals surface area (Å²) in [6, 6.07) is 0. The molecule has 0 amide bonds. The summed E-state index contributed by atoms with van der Waals surface area (Å²) in [4.78, 5) is 22.6. The first kappa shape index (κ1) is 40.4. The third kappa shape index (κ3) is 6.73. The lowest BCUT2D eigenvalue weighted by Gasteiger charge is -2.60. The maximum Gasteiger partial charge on any atom is 0.317 e. The smallest absolute Gasteiger partial charge is 0.317 e. The van der Waals surface area contributed by atoms with Crippen LogP contribution in [0.1, 0.15) is 143 Å². The van der Waals surface area contributed by atoms with Crippen molar-refractivity contribution in [1.29, 1.82) is 0 Å². The van der Waals surface area contributed by atoms with E-state index in [2.05, 4.69) is 41.5 Å². The van der Waals surface area contributed by atoms with Crippen LogP contribution in [0, 0.1) is 64.1 Å². The molecule has 56 heavy (non-hydrogen) atoms. The lowest BCUT2D eigenvalue weighted by molar-refractivity contribution is -0.228. The number of hydrogen-bond donors (Lipinski definition) is 1. The first-order valence-corrected chi connectivity index (χ1v) is 24.5. The van der Waals surface area contributed by atoms with E-state index in [4.69, 9.17) is 9.47 Å². The molecule has 0 radical (unpaired) electrons. The molecule has 7 heteroatoms. The van der Waals surface area contributed by atoms with E-state index in [9.17, 15) is 9.90 Å². The van der Waals surface area contributed by atoms with E-state index in [1.807, 2.05) is 7.11 Å². The van der Waals surface area contributed by atoms with Gasteiger partial charge in [-0.05, 0) is 189 Å². The highest BCUT2D eigenvalue weighted by molar-refractivity contribution is 5.85. The molecule has 8 fully saturated rings. The predicted octanol–water partition coefficient (Wildman–Crippen LogP) is 9.16. The van der Waals surface area contributed by atoms with E-state index in [1.165, 1.54) is 154 Å². The average molecular weight is 776 g/mol. The molecule has 4 aliphatic heterocycles. The predicted molar refractivity (Wildman–Crippen MR) is 224 cm³/mol. The Labute approximate surface area is 341 Å². The molecule has 4 bridgehead atoms. The highest BCUT2D eigenvalue weighted by Crippen LogP contribution is 2.82. The van der Waals surface area contributed by atoms with Crippen molar-refractivity contribution < 1.29 is 19.4 Å². The summed E-state index contributed by atoms with van der Waals surface area (Å²) < 4.78 is 14.4. The summed E-state index contributed by atoms with van der Waals surface area (Å²) in [5.41, 5.74) is -0.860. The number of carbonyl (C=O) groups is 1. The number of methoxy groups -OCH3 is 1. The number of likely N-dealkylation sites (tertiary alicyclic amines) is 3. The molecule has 0 aromatic carbocycles. The highest BCUT2D eigenvalue weighted by Gasteiger charge is 2.87. The van der Waals surface area contributed by atoms with Gasteiger partial charge in [-0.15, -0.1) is 0 Å². The molecule has 5 aliphatic carbocycles. The molecule has 4 saturated carbocycles. The number of rotatable bonds is 14. The SMILES string of the molecule is COC12CC3C=C(C(C)C)[C@@]1(C(=O)O)C3([C@H]1C[C@H](CC3CCCC3)[C@H](CN3CCC(CCN4CCC(CCN5CCCCC5)CC4)CC3)O1)C[C@@H]1[C@H](C)CC[C@H]12. The lowest BCUT2D eigenvalue weighted by atomic mass is 9.45. The van der Waals surface area contributed by atoms with Crippen LogP contribution in [0.3, 0.4) is 0 Å². The molecule has 9 aliphatic rings. The largest absolute Gasteiger partial charge is 0.480 e. The van der Waals surface area contributed by atoms with Crippen LogP contribution in [0.2, 0.25) is 0 Å². The Kier molecular flexibility index (Phi) is 11.9. The molecule has 4 heterocycles. The number of allylic oxidation sites excluding steroid dienone is 1. The maximum absolute atomic E-state index is 14.4. The fourth-order valence-electron chi connectivity index (χ4n) is 16.2. The van der Waals surface area contributed by atoms with E-state index in [-0.39, 0.29) is 24.0 Å². The molecule has 0 aromatic rings. The van der Waals surface area contributed by atoms with Gasteiger partial charge in [-0.3, -0.25) is 4.79 Å². The molecule has 9 rings (SSSR count). The second kappa shape index (κ2) is 16.5. The molecule has 10 atom stereocenters. The Hall–Kier alpha value is -0.990. The van der Waals surface area contributed by atoms with Crippen LogP contribution >= 0.6 is 0 Å². The van der Waals surface area contributed by atoms with Crippen molar-refractivity contribution in [2.45, 2.75) is 161 Å². The Balaban J connectivity index is 0.850. The van der Waals surface area contributed by atoms with Crippen molar-refractivity contribution in [3.8, 4) is 0 Å². The summed E-state index contributed by atoms with van der Waals surface area (Å²) in [6.45, 7) is 18.3. The zero-order valence-electron chi connectivity index (χ0n) is 36.2. The number of aliphatic carboxylic acids is 1. The van der Waals surface area contributed by atoms with Crippen molar-refractivity contribution in [1.82, 2.24) is 14.7 Å². The summed E-state index contributed by atoms with van der Waals surface area (Å²) in [5.74, 6) is 4.42. The third-order valence-electron chi connectivity index (χ3n) is 19.1. The molecular weight excluding hydrogens is 695 g/mol. The van der Waals surface area contributed by atoms with E-state index >= 15 is 0 Å². The van der Waals surface area contributed by atoms with Gasteiger partial charge in [0.2, 0.25) is 0 Å². The van der Waals surface area contributed by atoms with Gasteiger partial charge in [0.25, 0.3) is 0 Å². The molecular formula is C49H81N3O4. The van der Waals surface area contributed by atoms with Crippen molar-refractivity contribution in [3.05, 3.63) is 11.6 Å². The fraction of sp³-hybridized carbons (Fsp3) is 0.939. The number of carboxylic acids is 1. The highest BCUT2D eigenvalue weighted by atomic mass is 16.5. The monoisotopic (exact) mass is 776 g/mol. The maximum atomic E-state index is 14.4. The molecule has 0 spiro atoms. The number of ether oxygens (including phenoxy) is 2. The van der Waals surface area contributed by atoms with Crippen LogP contribution in [0.15, 0.2) is 11.6 Å². The molecule has 0 aromatic heterocycles. The Bertz CT molecular complexity index is 1390. The third-order valence-corrected chi connectivity index (χ3v) is 19.1. The van der Waals surface area contributed by atoms with Crippen LogP contribution in [0.5, 0.6) is 0 Å². The number of hydrogen-bond acceptors (Lipinski definition) is 6. The first-order chi connectivity index (χ1) is 27.2. The van der Waals surface area contributed by atoms with Crippen molar-refractivity contribution >= 4 is 5.97 Å². The number of piperidine rings is 3. The minimum atomic E-state index is -0.989. The fourth-order valence-corrected chi connectivity index (χ4v) is 16.2. The van der Waals surface area contributed by atoms with Gasteiger partial charge in [0.05, 0.1) is 17.8 Å². The standard InChI is InChI=1S/C49H81N3O4/c1-34(2)43-30-40-31-48(55-4)42-13-12-35(3)41(42)32-47(40,49(43,48)46(53)54)45-29-39(28-38-10-6-7-11-38)44(56-45)33-52-26-18-37(19-27-52)17-25-51-23-15-36(16-24-51)14-22-50-20-8-5-9-21-50/h30,34-42,44-45H,5-29,31-33H2,1-4H3,(H,53,54)/t35-,39+,40?,41-,42-,44+,45-,47?,48?,49-/m1/s1. The van der Waals surface area contributed by atoms with Crippen molar-refractivity contribution in [2.75, 3.05) is 66.0 Å². The van der Waals surface area contributed by atoms with E-state index < -0.39 is 22.4 Å². The van der Waals surface area contributed by atoms with Crippen molar-refractivity contribution in [3.63, 3.8) is 0 Å². The topological polar surface area (TPSA) is 65.5 Å². The van der Waals surface area contributed by atoms with Gasteiger partial charge >= 0.3 is 5.97 Å². The summed E-state index contributed by atoms with van der Waals surface area (Å²) in [5, 5.41) is 11.8. The number of fused-ring (bicyclic) bond motifs is 2. The Morgan fingerprint density at radius 2 is 1.46 bits per heavy atom. The first-order valence-electron chi connectivity index (χ1n) is 24.5. The molecule has 7 nitrogen and oxygen atoms in total. The van der Waals surface area contributed by atoms with Crippen LogP contribution in [0.4, 0.5) is 0 Å². The van der Waals surface area contributed by atoms with E-state index in [0.717, 1.165) is 50.0 Å². The minimum Gasteiger partial charge on any atom is -0.480 e. The van der Waals surface area contributed by atoms with Gasteiger partial charge in [0.15, 0.2) is 0 Å². The van der Waals surface area contributed by atoms with Crippen molar-refractivity contribution in [2.24, 2.45) is 64.1 Å². The molecule has 1 N–H and O–H groups in total. The van der Waals surface area contributed by atoms with Gasteiger partial charge in [0, 0.05) is 19.1 Å². The van der Waals surface area contributed by atoms with Crippen LogP contribution < -0.4 is 0 Å². The average Bonchev–Trinajstić information content (AvgIpc) is 4.04. The molecule has 316 valence electrons. The van der Waals surface area contributed by atoms with Crippen LogP contribution in [0.25, 0.3) is 0 Å². The number of carboxylic acid groups (broad SMARTS) is 1. The lowest BCUT2D eigenvalue weighted by Crippen LogP contribution is -2.68. The van der Waals surface area contributed by atoms with Gasteiger partial charge in [-0.2, -0.15) is 0 Å². The minimum absolute atomic E-state index is 0.00951. The summed E-state index contributed by atoms with van der Waals surface area (Å²) in [6.07, 6.45) is 27.2. The van der Waals surface area contributed by atoms with Gasteiger partial charge in [0.1, 0.15) is 5.41 Å². The zero-order chi connectivity index (χ0) is 38.7.